The van der Waals surface area contributed by atoms with E-state index in [2.05, 4.69) is 0 Å². The summed E-state index contributed by atoms with van der Waals surface area (Å²) < 4.78 is 7.78. The average Bonchev–Trinajstić information content (AvgIpc) is 1.88. The molecule has 0 aliphatic rings. The van der Waals surface area contributed by atoms with Crippen molar-refractivity contribution < 1.29 is 0 Å². The van der Waals surface area contributed by atoms with Crippen LogP contribution < -0.4 is 0 Å². The molecule has 2 heteroatoms. The molecule has 1 aromatic rings. The van der Waals surface area contributed by atoms with Gasteiger partial charge in [0.25, 0.3) is 0 Å². The molecule has 0 bridgehead atoms. The molecule has 0 radical (unpaired) electrons. The van der Waals surface area contributed by atoms with Gasteiger partial charge in [-0.1, -0.05) is 18.2 Å². The maximum Gasteiger partial charge on any atom is -0.00293 e. The second-order valence-electron chi connectivity index (χ2n) is 2.79. The minimum absolute atomic E-state index is 1.18. The Morgan fingerprint density at radius 2 is 1.60 bits per heavy atom. The van der Waals surface area contributed by atoms with Crippen molar-refractivity contribution in [1.82, 2.24) is 0 Å². The zero-order chi connectivity index (χ0) is 7.61. The molecular formula is C8H13NS. The van der Waals surface area contributed by atoms with Crippen LogP contribution in [-0.2, 0) is 9.82 Å². The lowest BCUT2D eigenvalue weighted by molar-refractivity contribution is 1.41. The Balaban J connectivity index is 3.09. The van der Waals surface area contributed by atoms with Gasteiger partial charge in [0.15, 0.2) is 0 Å². The third-order valence-corrected chi connectivity index (χ3v) is 2.99. The normalized spacial score (nSPS) is 13.0. The van der Waals surface area contributed by atoms with E-state index in [-0.39, 0.29) is 0 Å². The first kappa shape index (κ1) is 7.48. The molecule has 1 rings (SSSR count). The summed E-state index contributed by atoms with van der Waals surface area (Å²) in [7, 11) is -1.52. The summed E-state index contributed by atoms with van der Waals surface area (Å²) in [5.41, 5.74) is 0. The lowest BCUT2D eigenvalue weighted by atomic mass is 10.4. The number of hydrogen-bond donors (Lipinski definition) is 2. The number of nitrogens with one attached hydrogen (secondary N) is 1. The van der Waals surface area contributed by atoms with Crippen LogP contribution in [0.1, 0.15) is 0 Å². The topological polar surface area (TPSA) is 23.9 Å². The van der Waals surface area contributed by atoms with Crippen LogP contribution in [-0.4, -0.2) is 12.5 Å². The minimum atomic E-state index is -1.52. The Morgan fingerprint density at radius 1 is 1.10 bits per heavy atom. The summed E-state index contributed by atoms with van der Waals surface area (Å²) in [6.07, 6.45) is 4.00. The van der Waals surface area contributed by atoms with E-state index in [1.54, 1.807) is 0 Å². The van der Waals surface area contributed by atoms with Crippen molar-refractivity contribution in [2.45, 2.75) is 4.90 Å². The molecule has 56 valence electrons. The number of benzene rings is 1. The second kappa shape index (κ2) is 2.54. The average molecular weight is 155 g/mol. The van der Waals surface area contributed by atoms with E-state index in [9.17, 15) is 0 Å². The van der Waals surface area contributed by atoms with Crippen molar-refractivity contribution in [2.75, 3.05) is 12.5 Å². The van der Waals surface area contributed by atoms with Crippen LogP contribution in [0.3, 0.4) is 0 Å². The Hall–Kier alpha value is -0.630. The third kappa shape index (κ3) is 1.67. The summed E-state index contributed by atoms with van der Waals surface area (Å²) in [6.45, 7) is 0. The molecule has 10 heavy (non-hydrogen) atoms. The molecule has 1 nitrogen and oxygen atoms in total. The van der Waals surface area contributed by atoms with Crippen LogP contribution in [0.5, 0.6) is 0 Å². The van der Waals surface area contributed by atoms with Gasteiger partial charge >= 0.3 is 0 Å². The summed E-state index contributed by atoms with van der Waals surface area (Å²) >= 11 is 0. The molecule has 0 saturated carbocycles. The molecule has 0 saturated heterocycles. The number of thiol groups is 1. The summed E-state index contributed by atoms with van der Waals surface area (Å²) in [5.74, 6) is 0. The van der Waals surface area contributed by atoms with Gasteiger partial charge in [0.05, 0.1) is 0 Å². The fraction of sp³-hybridized carbons (Fsp3) is 0.250. The van der Waals surface area contributed by atoms with E-state index >= 15 is 0 Å². The molecule has 0 amide bonds. The second-order valence-corrected chi connectivity index (χ2v) is 6.21. The van der Waals surface area contributed by atoms with Crippen molar-refractivity contribution in [3.05, 3.63) is 30.3 Å². The van der Waals surface area contributed by atoms with Gasteiger partial charge in [-0.15, -0.1) is 0 Å². The van der Waals surface area contributed by atoms with Crippen LogP contribution in [0.4, 0.5) is 0 Å². The summed E-state index contributed by atoms with van der Waals surface area (Å²) in [5, 5.41) is 0. The summed E-state index contributed by atoms with van der Waals surface area (Å²) in [6, 6.07) is 10.0. The number of rotatable bonds is 1. The van der Waals surface area contributed by atoms with Crippen LogP contribution in [0.2, 0.25) is 0 Å². The summed E-state index contributed by atoms with van der Waals surface area (Å²) in [4.78, 5) is 1.18. The predicted octanol–water partition coefficient (Wildman–Crippen LogP) is 1.95. The van der Waals surface area contributed by atoms with Gasteiger partial charge in [0.2, 0.25) is 0 Å². The zero-order valence-corrected chi connectivity index (χ0v) is 7.23. The van der Waals surface area contributed by atoms with Gasteiger partial charge < -0.3 is 0 Å². The molecule has 0 unspecified atom stereocenters. The van der Waals surface area contributed by atoms with Gasteiger partial charge in [-0.25, -0.2) is 0 Å². The molecule has 0 aliphatic carbocycles. The Labute approximate surface area is 62.9 Å². The van der Waals surface area contributed by atoms with Crippen LogP contribution >= 0.6 is 0 Å². The van der Waals surface area contributed by atoms with Crippen LogP contribution in [0.15, 0.2) is 35.2 Å². The molecule has 1 N–H and O–H groups in total. The standard InChI is InChI=1S/C8H13NS/c1-10(2,9)8-6-4-3-5-7-8/h3-7,9-10H,1-2H3. The highest BCUT2D eigenvalue weighted by molar-refractivity contribution is 8.02. The first-order chi connectivity index (χ1) is 4.61. The SMILES string of the molecule is C[SH](C)(=N)c1ccccc1. The lowest BCUT2D eigenvalue weighted by Gasteiger charge is -2.14. The molecule has 1 aromatic carbocycles. The van der Waals surface area contributed by atoms with E-state index in [4.69, 9.17) is 4.78 Å². The fourth-order valence-corrected chi connectivity index (χ4v) is 1.72. The van der Waals surface area contributed by atoms with Gasteiger partial charge in [0.1, 0.15) is 0 Å². The third-order valence-electron chi connectivity index (χ3n) is 1.40. The Kier molecular flexibility index (Phi) is 1.90. The first-order valence-corrected chi connectivity index (χ1v) is 5.94. The minimum Gasteiger partial charge on any atom is -0.297 e. The van der Waals surface area contributed by atoms with Crippen molar-refractivity contribution in [1.29, 1.82) is 4.78 Å². The van der Waals surface area contributed by atoms with E-state index in [1.165, 1.54) is 4.90 Å². The fourth-order valence-electron chi connectivity index (χ4n) is 0.801. The highest BCUT2D eigenvalue weighted by Gasteiger charge is 1.97. The van der Waals surface area contributed by atoms with Crippen molar-refractivity contribution in [2.24, 2.45) is 0 Å². The predicted molar refractivity (Wildman–Crippen MR) is 48.0 cm³/mol. The van der Waals surface area contributed by atoms with E-state index in [0.717, 1.165) is 0 Å². The Bertz CT molecular complexity index is 247. The van der Waals surface area contributed by atoms with Crippen LogP contribution in [0, 0.1) is 4.78 Å². The first-order valence-electron chi connectivity index (χ1n) is 3.25. The van der Waals surface area contributed by atoms with Crippen molar-refractivity contribution in [3.63, 3.8) is 0 Å². The van der Waals surface area contributed by atoms with E-state index in [1.807, 2.05) is 42.8 Å². The Morgan fingerprint density at radius 3 is 1.90 bits per heavy atom. The van der Waals surface area contributed by atoms with Gasteiger partial charge in [-0.2, -0.15) is 9.82 Å². The molecule has 0 atom stereocenters. The highest BCUT2D eigenvalue weighted by atomic mass is 32.2. The smallest absolute Gasteiger partial charge is 0.00293 e. The zero-order valence-electron chi connectivity index (χ0n) is 6.33. The molecule has 0 fully saturated rings. The molecule has 0 spiro atoms. The maximum atomic E-state index is 7.78. The van der Waals surface area contributed by atoms with E-state index in [0.29, 0.717) is 0 Å². The van der Waals surface area contributed by atoms with Crippen molar-refractivity contribution in [3.8, 4) is 0 Å². The molecule has 0 heterocycles. The van der Waals surface area contributed by atoms with Gasteiger partial charge in [-0.05, 0) is 29.5 Å². The van der Waals surface area contributed by atoms with Crippen LogP contribution in [0.25, 0.3) is 0 Å². The monoisotopic (exact) mass is 155 g/mol. The molecular weight excluding hydrogens is 142 g/mol. The van der Waals surface area contributed by atoms with E-state index < -0.39 is 9.82 Å². The van der Waals surface area contributed by atoms with Gasteiger partial charge in [-0.3, -0.25) is 4.78 Å². The van der Waals surface area contributed by atoms with Crippen molar-refractivity contribution >= 4 is 9.82 Å². The quantitative estimate of drug-likeness (QED) is 0.579. The highest BCUT2D eigenvalue weighted by Crippen LogP contribution is 2.12. The largest absolute Gasteiger partial charge is 0.297 e. The maximum absolute atomic E-state index is 7.78. The molecule has 0 aliphatic heterocycles. The molecule has 0 aromatic heterocycles. The number of hydrogen-bond acceptors (Lipinski definition) is 1. The van der Waals surface area contributed by atoms with Gasteiger partial charge in [0, 0.05) is 0 Å². The lowest BCUT2D eigenvalue weighted by Crippen LogP contribution is -2.02.